The minimum Gasteiger partial charge on any atom is -0.493 e. The lowest BCUT2D eigenvalue weighted by Gasteiger charge is -2.35. The minimum atomic E-state index is -1.24. The van der Waals surface area contributed by atoms with Crippen LogP contribution in [0.3, 0.4) is 0 Å². The fourth-order valence-electron chi connectivity index (χ4n) is 5.71. The first-order valence-electron chi connectivity index (χ1n) is 17.3. The van der Waals surface area contributed by atoms with Crippen LogP contribution >= 0.6 is 0 Å². The predicted octanol–water partition coefficient (Wildman–Crippen LogP) is 9.61. The van der Waals surface area contributed by atoms with Crippen LogP contribution in [0.5, 0.6) is 5.75 Å². The summed E-state index contributed by atoms with van der Waals surface area (Å²) in [5.41, 5.74) is 5.67. The summed E-state index contributed by atoms with van der Waals surface area (Å²) in [6.07, 6.45) is 6.78. The number of aromatic nitrogens is 2. The number of aryl methyl sites for hydroxylation is 2. The number of nitrogens with zero attached hydrogens (tertiary/aromatic N) is 3. The summed E-state index contributed by atoms with van der Waals surface area (Å²) < 4.78 is 25.7. The number of carboxylic acids is 1. The molecule has 0 spiro atoms. The number of carboxylic acid groups (broad SMARTS) is 1. The molecule has 1 atom stereocenters. The van der Waals surface area contributed by atoms with Gasteiger partial charge in [-0.2, -0.15) is 0 Å². The van der Waals surface area contributed by atoms with Crippen LogP contribution in [0, 0.1) is 19.7 Å². The van der Waals surface area contributed by atoms with Crippen LogP contribution in [-0.2, 0) is 16.0 Å². The number of pyridine rings is 2. The predicted molar refractivity (Wildman–Crippen MR) is 196 cm³/mol. The van der Waals surface area contributed by atoms with Gasteiger partial charge in [0.2, 0.25) is 0 Å². The molecule has 0 saturated heterocycles. The topological polar surface area (TPSA) is 96.8 Å². The molecule has 0 aliphatic heterocycles. The largest absolute Gasteiger partial charge is 0.493 e. The number of hydrogen-bond acceptors (Lipinski definition) is 7. The van der Waals surface area contributed by atoms with Crippen molar-refractivity contribution in [1.29, 1.82) is 0 Å². The maximum absolute atomic E-state index is 13.3. The first kappa shape index (κ1) is 37.3. The summed E-state index contributed by atoms with van der Waals surface area (Å²) in [6.45, 7) is 15.7. The van der Waals surface area contributed by atoms with Crippen molar-refractivity contribution in [3.63, 3.8) is 0 Å². The van der Waals surface area contributed by atoms with Crippen molar-refractivity contribution >= 4 is 23.2 Å². The zero-order chi connectivity index (χ0) is 35.6. The molecule has 0 aliphatic carbocycles. The van der Waals surface area contributed by atoms with Crippen LogP contribution < -0.4 is 15.0 Å². The van der Waals surface area contributed by atoms with Crippen molar-refractivity contribution in [2.75, 3.05) is 29.9 Å². The third kappa shape index (κ3) is 10.2. The molecule has 0 fully saturated rings. The van der Waals surface area contributed by atoms with Gasteiger partial charge in [0, 0.05) is 42.5 Å². The average Bonchev–Trinajstić information content (AvgIpc) is 3.06. The molecule has 2 N–H and O–H groups in total. The molecule has 49 heavy (non-hydrogen) atoms. The van der Waals surface area contributed by atoms with Crippen molar-refractivity contribution in [3.8, 4) is 16.9 Å². The fourth-order valence-corrected chi connectivity index (χ4v) is 5.71. The highest BCUT2D eigenvalue weighted by Gasteiger charge is 2.35. The van der Waals surface area contributed by atoms with E-state index in [0.29, 0.717) is 35.9 Å². The van der Waals surface area contributed by atoms with Gasteiger partial charge in [-0.05, 0) is 94.5 Å². The highest BCUT2D eigenvalue weighted by atomic mass is 19.1. The molecule has 0 amide bonds. The van der Waals surface area contributed by atoms with Gasteiger partial charge in [-0.3, -0.25) is 4.98 Å². The Morgan fingerprint density at radius 3 is 2.20 bits per heavy atom. The van der Waals surface area contributed by atoms with E-state index < -0.39 is 17.7 Å². The molecule has 4 aromatic rings. The molecule has 262 valence electrons. The Labute approximate surface area is 290 Å². The van der Waals surface area contributed by atoms with Gasteiger partial charge in [-0.1, -0.05) is 51.0 Å². The molecule has 9 heteroatoms. The van der Waals surface area contributed by atoms with Gasteiger partial charge in [0.25, 0.3) is 0 Å². The number of unbranched alkanes of at least 4 members (excludes halogenated alkanes) is 2. The summed E-state index contributed by atoms with van der Waals surface area (Å²) >= 11 is 0. The molecule has 0 saturated carbocycles. The number of ether oxygens (including phenoxy) is 2. The molecule has 4 rings (SSSR count). The van der Waals surface area contributed by atoms with E-state index in [1.54, 1.807) is 24.5 Å². The van der Waals surface area contributed by atoms with E-state index in [4.69, 9.17) is 14.5 Å². The van der Waals surface area contributed by atoms with E-state index in [2.05, 4.69) is 29.0 Å². The third-order valence-corrected chi connectivity index (χ3v) is 8.24. The lowest BCUT2D eigenvalue weighted by atomic mass is 9.94. The van der Waals surface area contributed by atoms with Crippen molar-refractivity contribution in [1.82, 2.24) is 9.97 Å². The highest BCUT2D eigenvalue weighted by Crippen LogP contribution is 2.46. The smallest absolute Gasteiger partial charge is 0.337 e. The first-order valence-corrected chi connectivity index (χ1v) is 17.3. The van der Waals surface area contributed by atoms with Gasteiger partial charge in [-0.15, -0.1) is 0 Å². The molecule has 0 unspecified atom stereocenters. The molecule has 2 aromatic heterocycles. The Balaban J connectivity index is 1.91. The summed E-state index contributed by atoms with van der Waals surface area (Å²) in [5, 5.41) is 14.2. The lowest BCUT2D eigenvalue weighted by molar-refractivity contribution is -0.160. The van der Waals surface area contributed by atoms with E-state index >= 15 is 0 Å². The number of nitrogens with one attached hydrogen (secondary N) is 1. The van der Waals surface area contributed by atoms with Crippen LogP contribution in [0.1, 0.15) is 88.8 Å². The minimum absolute atomic E-state index is 0.261. The van der Waals surface area contributed by atoms with Gasteiger partial charge >= 0.3 is 5.97 Å². The van der Waals surface area contributed by atoms with E-state index in [1.807, 2.05) is 65.0 Å². The lowest BCUT2D eigenvalue weighted by Crippen LogP contribution is -2.33. The Morgan fingerprint density at radius 1 is 0.980 bits per heavy atom. The number of hydrogen-bond donors (Lipinski definition) is 2. The highest BCUT2D eigenvalue weighted by molar-refractivity contribution is 5.93. The van der Waals surface area contributed by atoms with Crippen molar-refractivity contribution < 1.29 is 23.8 Å². The summed E-state index contributed by atoms with van der Waals surface area (Å²) in [4.78, 5) is 24.8. The van der Waals surface area contributed by atoms with Crippen LogP contribution in [0.15, 0.2) is 67.0 Å². The number of anilines is 3. The molecule has 2 aromatic carbocycles. The molecule has 8 nitrogen and oxygen atoms in total. The Hall–Kier alpha value is -4.50. The third-order valence-electron chi connectivity index (χ3n) is 8.24. The quantitative estimate of drug-likeness (QED) is 0.115. The normalized spacial score (nSPS) is 12.1. The van der Waals surface area contributed by atoms with Crippen LogP contribution in [0.2, 0.25) is 0 Å². The van der Waals surface area contributed by atoms with E-state index in [0.717, 1.165) is 72.4 Å². The van der Waals surface area contributed by atoms with Crippen LogP contribution in [0.4, 0.5) is 21.6 Å². The second-order valence-electron chi connectivity index (χ2n) is 13.4. The number of carbonyl (C=O) groups is 1. The molecular weight excluding hydrogens is 619 g/mol. The standard InChI is InChI=1S/C40H51FN4O4/c1-8-10-23-45(24-11-9-2)36-34(37(39(46)47)49-40(5,6)7)28(4)43-38(44-33-26-42-22-20-27(33)3)35(36)30-14-18-32(19-15-30)48-25-21-29-12-16-31(41)17-13-29/h12-20,22,26,37H,8-11,21,23-25H2,1-7H3,(H,43,44)(H,46,47)/t37-/m0/s1. The van der Waals surface area contributed by atoms with Crippen LogP contribution in [-0.4, -0.2) is 46.3 Å². The first-order chi connectivity index (χ1) is 23.4. The van der Waals surface area contributed by atoms with E-state index in [1.165, 1.54) is 12.1 Å². The summed E-state index contributed by atoms with van der Waals surface area (Å²) in [5.74, 6) is -0.0240. The monoisotopic (exact) mass is 670 g/mol. The Kier molecular flexibility index (Phi) is 13.1. The van der Waals surface area contributed by atoms with Crippen LogP contribution in [0.25, 0.3) is 11.1 Å². The molecule has 0 aliphatic rings. The zero-order valence-electron chi connectivity index (χ0n) is 30.0. The number of rotatable bonds is 17. The Morgan fingerprint density at radius 2 is 1.63 bits per heavy atom. The Bertz CT molecular complexity index is 1660. The molecule has 2 heterocycles. The van der Waals surface area contributed by atoms with Gasteiger partial charge in [0.05, 0.1) is 29.8 Å². The maximum Gasteiger partial charge on any atom is 0.337 e. The van der Waals surface area contributed by atoms with Gasteiger partial charge < -0.3 is 24.8 Å². The summed E-state index contributed by atoms with van der Waals surface area (Å²) in [7, 11) is 0. The fraction of sp³-hybridized carbons (Fsp3) is 0.425. The average molecular weight is 671 g/mol. The maximum atomic E-state index is 13.3. The van der Waals surface area contributed by atoms with Crippen molar-refractivity contribution in [2.45, 2.75) is 92.3 Å². The second-order valence-corrected chi connectivity index (χ2v) is 13.4. The van der Waals surface area contributed by atoms with E-state index in [9.17, 15) is 14.3 Å². The van der Waals surface area contributed by atoms with Gasteiger partial charge in [0.15, 0.2) is 6.10 Å². The molecule has 0 radical (unpaired) electrons. The molecular formula is C40H51FN4O4. The van der Waals surface area contributed by atoms with Crippen molar-refractivity contribution in [3.05, 3.63) is 95.2 Å². The molecule has 0 bridgehead atoms. The van der Waals surface area contributed by atoms with E-state index in [-0.39, 0.29) is 5.82 Å². The zero-order valence-corrected chi connectivity index (χ0v) is 30.0. The van der Waals surface area contributed by atoms with Crippen molar-refractivity contribution in [2.24, 2.45) is 0 Å². The van der Waals surface area contributed by atoms with Gasteiger partial charge in [-0.25, -0.2) is 14.2 Å². The second kappa shape index (κ2) is 17.2. The summed E-state index contributed by atoms with van der Waals surface area (Å²) in [6, 6.07) is 16.2. The SMILES string of the molecule is CCCCN(CCCC)c1c(-c2ccc(OCCc3ccc(F)cc3)cc2)c(Nc2cnccc2C)nc(C)c1[C@H](OC(C)(C)C)C(=O)O. The number of benzene rings is 2. The van der Waals surface area contributed by atoms with Gasteiger partial charge in [0.1, 0.15) is 17.4 Å². The number of halogens is 1. The number of aliphatic carboxylic acids is 1.